The molecule has 1 N–H and O–H groups in total. The van der Waals surface area contributed by atoms with E-state index in [-0.39, 0.29) is 55.1 Å². The molecular weight excluding hydrogens is 400 g/mol. The quantitative estimate of drug-likeness (QED) is 0.530. The monoisotopic (exact) mass is 420 g/mol. The number of rotatable bonds is 4. The summed E-state index contributed by atoms with van der Waals surface area (Å²) in [5.41, 5.74) is -0.275. The lowest BCUT2D eigenvalue weighted by molar-refractivity contribution is -0.385. The number of hydrogen-bond donors (Lipinski definition) is 1. The fraction of sp³-hybridized carbons (Fsp3) is 0.533. The van der Waals surface area contributed by atoms with Gasteiger partial charge in [-0.25, -0.2) is 8.42 Å². The first-order valence-corrected chi connectivity index (χ1v) is 9.68. The molecule has 0 saturated carbocycles. The highest BCUT2D eigenvalue weighted by Crippen LogP contribution is 2.22. The van der Waals surface area contributed by atoms with E-state index < -0.39 is 21.0 Å². The molecule has 2 aliphatic rings. The summed E-state index contributed by atoms with van der Waals surface area (Å²) >= 11 is 0. The van der Waals surface area contributed by atoms with Crippen LogP contribution in [0.15, 0.2) is 29.2 Å². The summed E-state index contributed by atoms with van der Waals surface area (Å²) in [4.78, 5) is 24.2. The van der Waals surface area contributed by atoms with Gasteiger partial charge in [0.2, 0.25) is 15.9 Å². The van der Waals surface area contributed by atoms with Crippen LogP contribution in [-0.4, -0.2) is 80.4 Å². The number of hydrogen-bond acceptors (Lipinski definition) is 7. The molecule has 3 rings (SSSR count). The second-order valence-electron chi connectivity index (χ2n) is 6.07. The zero-order valence-electron chi connectivity index (χ0n) is 14.4. The Morgan fingerprint density at radius 1 is 1.26 bits per heavy atom. The molecule has 0 radical (unpaired) electrons. The Morgan fingerprint density at radius 2 is 1.96 bits per heavy atom. The number of non-ortho nitro benzene ring substituents is 1. The third-order valence-electron chi connectivity index (χ3n) is 4.44. The van der Waals surface area contributed by atoms with Crippen molar-refractivity contribution in [2.24, 2.45) is 0 Å². The molecule has 2 heterocycles. The summed E-state index contributed by atoms with van der Waals surface area (Å²) in [6.45, 7) is 2.31. The molecule has 0 bridgehead atoms. The third-order valence-corrected chi connectivity index (χ3v) is 6.33. The number of carbonyl (C=O) groups is 1. The third kappa shape index (κ3) is 4.74. The Kier molecular flexibility index (Phi) is 7.12. The fourth-order valence-electron chi connectivity index (χ4n) is 3.00. The molecule has 27 heavy (non-hydrogen) atoms. The Balaban J connectivity index is 0.00000261. The van der Waals surface area contributed by atoms with Gasteiger partial charge in [0.05, 0.1) is 23.0 Å². The highest BCUT2D eigenvalue weighted by atomic mass is 35.5. The number of carbonyl (C=O) groups excluding carboxylic acids is 1. The van der Waals surface area contributed by atoms with E-state index in [0.29, 0.717) is 19.8 Å². The molecule has 0 aromatic heterocycles. The molecule has 2 aliphatic heterocycles. The standard InChI is InChI=1S/C15H20N4O6S.ClH/c20-15(14-11-25-9-4-16-14)17-5-7-18(8-6-17)26(23,24)13-3-1-2-12(10-13)19(21)22;/h1-3,10,14,16H,4-9,11H2;1H. The molecule has 0 aliphatic carbocycles. The molecule has 12 heteroatoms. The van der Waals surface area contributed by atoms with Gasteiger partial charge < -0.3 is 15.0 Å². The summed E-state index contributed by atoms with van der Waals surface area (Å²) in [6.07, 6.45) is 0. The van der Waals surface area contributed by atoms with Crippen LogP contribution in [-0.2, 0) is 19.6 Å². The van der Waals surface area contributed by atoms with Gasteiger partial charge in [-0.3, -0.25) is 14.9 Å². The topological polar surface area (TPSA) is 122 Å². The van der Waals surface area contributed by atoms with Crippen LogP contribution in [0.4, 0.5) is 5.69 Å². The van der Waals surface area contributed by atoms with Crippen molar-refractivity contribution < 1.29 is 22.9 Å². The second-order valence-corrected chi connectivity index (χ2v) is 8.00. The minimum atomic E-state index is -3.84. The number of piperazine rings is 1. The van der Waals surface area contributed by atoms with E-state index in [0.717, 1.165) is 6.07 Å². The lowest BCUT2D eigenvalue weighted by Crippen LogP contribution is -2.57. The van der Waals surface area contributed by atoms with Crippen molar-refractivity contribution in [2.75, 3.05) is 45.9 Å². The fourth-order valence-corrected chi connectivity index (χ4v) is 4.46. The number of morpholine rings is 1. The molecule has 1 aromatic rings. The zero-order chi connectivity index (χ0) is 18.7. The number of nitro benzene ring substituents is 1. The summed E-state index contributed by atoms with van der Waals surface area (Å²) in [5, 5.41) is 13.9. The van der Waals surface area contributed by atoms with Crippen molar-refractivity contribution in [2.45, 2.75) is 10.9 Å². The summed E-state index contributed by atoms with van der Waals surface area (Å²) in [6, 6.07) is 4.58. The van der Waals surface area contributed by atoms with Gasteiger partial charge in [0.1, 0.15) is 6.04 Å². The minimum absolute atomic E-state index is 0. The maximum absolute atomic E-state index is 12.7. The molecule has 1 amide bonds. The van der Waals surface area contributed by atoms with E-state index in [4.69, 9.17) is 4.74 Å². The van der Waals surface area contributed by atoms with Gasteiger partial charge >= 0.3 is 0 Å². The number of sulfonamides is 1. The van der Waals surface area contributed by atoms with Gasteiger partial charge in [-0.1, -0.05) is 6.07 Å². The summed E-state index contributed by atoms with van der Waals surface area (Å²) in [5.74, 6) is -0.0999. The van der Waals surface area contributed by atoms with Gasteiger partial charge in [-0.05, 0) is 6.07 Å². The predicted molar refractivity (Wildman–Crippen MR) is 98.3 cm³/mol. The molecule has 2 saturated heterocycles. The SMILES string of the molecule is Cl.O=C(C1COCCN1)N1CCN(S(=O)(=O)c2cccc([N+](=O)[O-])c2)CC1. The Hall–Kier alpha value is -1.79. The molecule has 1 unspecified atom stereocenters. The number of benzene rings is 1. The van der Waals surface area contributed by atoms with Crippen LogP contribution in [0.25, 0.3) is 0 Å². The van der Waals surface area contributed by atoms with Gasteiger partial charge in [0, 0.05) is 44.9 Å². The molecule has 1 atom stereocenters. The zero-order valence-corrected chi connectivity index (χ0v) is 16.1. The Bertz CT molecular complexity index is 791. The Morgan fingerprint density at radius 3 is 2.56 bits per heavy atom. The van der Waals surface area contributed by atoms with Crippen molar-refractivity contribution in [3.8, 4) is 0 Å². The minimum Gasteiger partial charge on any atom is -0.378 e. The molecule has 1 aromatic carbocycles. The van der Waals surface area contributed by atoms with E-state index in [1.807, 2.05) is 0 Å². The van der Waals surface area contributed by atoms with E-state index in [9.17, 15) is 23.3 Å². The van der Waals surface area contributed by atoms with Crippen LogP contribution in [0.2, 0.25) is 0 Å². The second kappa shape index (κ2) is 8.93. The van der Waals surface area contributed by atoms with Crippen LogP contribution >= 0.6 is 12.4 Å². The largest absolute Gasteiger partial charge is 0.378 e. The predicted octanol–water partition coefficient (Wildman–Crippen LogP) is -0.162. The van der Waals surface area contributed by atoms with Gasteiger partial charge in [0.25, 0.3) is 5.69 Å². The first kappa shape index (κ1) is 21.5. The first-order valence-electron chi connectivity index (χ1n) is 8.24. The van der Waals surface area contributed by atoms with Gasteiger partial charge in [-0.2, -0.15) is 4.31 Å². The van der Waals surface area contributed by atoms with Gasteiger partial charge in [0.15, 0.2) is 0 Å². The van der Waals surface area contributed by atoms with Crippen molar-refractivity contribution in [3.63, 3.8) is 0 Å². The van der Waals surface area contributed by atoms with Crippen LogP contribution in [0, 0.1) is 10.1 Å². The number of nitrogens with one attached hydrogen (secondary N) is 1. The maximum Gasteiger partial charge on any atom is 0.270 e. The lowest BCUT2D eigenvalue weighted by Gasteiger charge is -2.36. The highest BCUT2D eigenvalue weighted by molar-refractivity contribution is 7.89. The maximum atomic E-state index is 12.7. The molecule has 0 spiro atoms. The van der Waals surface area contributed by atoms with E-state index in [1.54, 1.807) is 4.90 Å². The summed E-state index contributed by atoms with van der Waals surface area (Å²) in [7, 11) is -3.84. The number of halogens is 1. The number of amides is 1. The number of nitrogens with zero attached hydrogens (tertiary/aromatic N) is 3. The highest BCUT2D eigenvalue weighted by Gasteiger charge is 2.33. The Labute approximate surface area is 163 Å². The molecule has 10 nitrogen and oxygen atoms in total. The van der Waals surface area contributed by atoms with E-state index in [1.165, 1.54) is 22.5 Å². The first-order chi connectivity index (χ1) is 12.4. The normalized spacial score (nSPS) is 21.3. The van der Waals surface area contributed by atoms with Crippen LogP contribution in [0.3, 0.4) is 0 Å². The van der Waals surface area contributed by atoms with Crippen LogP contribution in [0.1, 0.15) is 0 Å². The van der Waals surface area contributed by atoms with Crippen LogP contribution < -0.4 is 5.32 Å². The number of ether oxygens (including phenoxy) is 1. The van der Waals surface area contributed by atoms with Crippen molar-refractivity contribution >= 4 is 34.0 Å². The molecular formula is C15H21ClN4O6S. The lowest BCUT2D eigenvalue weighted by atomic mass is 10.2. The average Bonchev–Trinajstić information content (AvgIpc) is 2.68. The van der Waals surface area contributed by atoms with E-state index >= 15 is 0 Å². The molecule has 2 fully saturated rings. The van der Waals surface area contributed by atoms with E-state index in [2.05, 4.69) is 5.32 Å². The van der Waals surface area contributed by atoms with Crippen molar-refractivity contribution in [1.29, 1.82) is 0 Å². The number of nitro groups is 1. The van der Waals surface area contributed by atoms with Crippen molar-refractivity contribution in [1.82, 2.24) is 14.5 Å². The smallest absolute Gasteiger partial charge is 0.270 e. The average molecular weight is 421 g/mol. The summed E-state index contributed by atoms with van der Waals surface area (Å²) < 4.78 is 32.0. The van der Waals surface area contributed by atoms with Crippen LogP contribution in [0.5, 0.6) is 0 Å². The molecule has 150 valence electrons. The van der Waals surface area contributed by atoms with Crippen molar-refractivity contribution in [3.05, 3.63) is 34.4 Å². The van der Waals surface area contributed by atoms with Gasteiger partial charge in [-0.15, -0.1) is 12.4 Å².